The van der Waals surface area contributed by atoms with Crippen molar-refractivity contribution >= 4 is 14.8 Å². The summed E-state index contributed by atoms with van der Waals surface area (Å²) in [6, 6.07) is 2.64. The lowest BCUT2D eigenvalue weighted by Crippen LogP contribution is -2.20. The molecular formula is C14H28O3Si. The molecule has 0 N–H and O–H groups in total. The molecule has 4 heteroatoms. The van der Waals surface area contributed by atoms with Gasteiger partial charge in [0.2, 0.25) is 0 Å². The van der Waals surface area contributed by atoms with Gasteiger partial charge in [0, 0.05) is 18.4 Å². The Hall–Kier alpha value is -0.613. The first-order valence-corrected chi connectivity index (χ1v) is 9.47. The van der Waals surface area contributed by atoms with Gasteiger partial charge in [-0.05, 0) is 20.3 Å². The number of carbonyl (C=O) groups excluding carboxylic acids is 1. The Balaban J connectivity index is 3.59. The zero-order valence-corrected chi connectivity index (χ0v) is 13.3. The SMILES string of the molecule is C=C(C)C(=O)OCCCC[SiH](CCC)COCC. The third-order valence-corrected chi connectivity index (χ3v) is 6.17. The quantitative estimate of drug-likeness (QED) is 0.251. The van der Waals surface area contributed by atoms with Crippen molar-refractivity contribution in [3.63, 3.8) is 0 Å². The highest BCUT2D eigenvalue weighted by Gasteiger charge is 2.10. The van der Waals surface area contributed by atoms with Crippen molar-refractivity contribution < 1.29 is 14.3 Å². The van der Waals surface area contributed by atoms with Crippen LogP contribution in [0.4, 0.5) is 0 Å². The largest absolute Gasteiger partial charge is 0.462 e. The van der Waals surface area contributed by atoms with Gasteiger partial charge in [-0.2, -0.15) is 0 Å². The molecule has 0 aliphatic carbocycles. The number of rotatable bonds is 11. The van der Waals surface area contributed by atoms with Crippen molar-refractivity contribution in [1.82, 2.24) is 0 Å². The van der Waals surface area contributed by atoms with Crippen molar-refractivity contribution in [2.45, 2.75) is 52.1 Å². The Bertz CT molecular complexity index is 241. The molecule has 0 aliphatic heterocycles. The molecule has 0 fully saturated rings. The number of carbonyl (C=O) groups is 1. The Morgan fingerprint density at radius 1 is 1.22 bits per heavy atom. The molecule has 0 aromatic carbocycles. The van der Waals surface area contributed by atoms with Crippen LogP contribution < -0.4 is 0 Å². The molecule has 0 saturated heterocycles. The first kappa shape index (κ1) is 17.4. The maximum Gasteiger partial charge on any atom is 0.333 e. The molecule has 1 atom stereocenters. The van der Waals surface area contributed by atoms with Crippen LogP contribution in [0.2, 0.25) is 12.1 Å². The van der Waals surface area contributed by atoms with Gasteiger partial charge < -0.3 is 9.47 Å². The Labute approximate surface area is 113 Å². The van der Waals surface area contributed by atoms with E-state index >= 15 is 0 Å². The van der Waals surface area contributed by atoms with E-state index in [1.54, 1.807) is 6.92 Å². The van der Waals surface area contributed by atoms with E-state index in [2.05, 4.69) is 20.4 Å². The van der Waals surface area contributed by atoms with Gasteiger partial charge >= 0.3 is 5.97 Å². The van der Waals surface area contributed by atoms with Crippen LogP contribution in [0.1, 0.15) is 40.0 Å². The lowest BCUT2D eigenvalue weighted by atomic mass is 10.3. The van der Waals surface area contributed by atoms with Crippen LogP contribution in [-0.2, 0) is 14.3 Å². The highest BCUT2D eigenvalue weighted by atomic mass is 28.3. The van der Waals surface area contributed by atoms with Gasteiger partial charge in [-0.3, -0.25) is 0 Å². The van der Waals surface area contributed by atoms with Crippen molar-refractivity contribution in [3.05, 3.63) is 12.2 Å². The summed E-state index contributed by atoms with van der Waals surface area (Å²) in [5.74, 6) is -0.272. The van der Waals surface area contributed by atoms with E-state index in [4.69, 9.17) is 9.47 Å². The van der Waals surface area contributed by atoms with Crippen molar-refractivity contribution in [1.29, 1.82) is 0 Å². The highest BCUT2D eigenvalue weighted by molar-refractivity contribution is 6.58. The summed E-state index contributed by atoms with van der Waals surface area (Å²) in [6.07, 6.45) is 4.36. The van der Waals surface area contributed by atoms with E-state index in [1.165, 1.54) is 18.5 Å². The van der Waals surface area contributed by atoms with Crippen LogP contribution in [0.15, 0.2) is 12.2 Å². The first-order chi connectivity index (χ1) is 8.61. The molecule has 0 aliphatic rings. The molecule has 1 unspecified atom stereocenters. The number of hydrogen-bond acceptors (Lipinski definition) is 3. The normalized spacial score (nSPS) is 12.2. The molecule has 0 amide bonds. The van der Waals surface area contributed by atoms with Crippen LogP contribution in [0.5, 0.6) is 0 Å². The Kier molecular flexibility index (Phi) is 11.1. The second-order valence-corrected chi connectivity index (χ2v) is 7.95. The monoisotopic (exact) mass is 272 g/mol. The van der Waals surface area contributed by atoms with Gasteiger partial charge in [0.1, 0.15) is 0 Å². The molecule has 0 aromatic heterocycles. The number of hydrogen-bond donors (Lipinski definition) is 0. The van der Waals surface area contributed by atoms with E-state index < -0.39 is 8.80 Å². The van der Waals surface area contributed by atoms with Gasteiger partial charge in [0.15, 0.2) is 0 Å². The summed E-state index contributed by atoms with van der Waals surface area (Å²) in [7, 11) is -0.719. The molecule has 0 radical (unpaired) electrons. The topological polar surface area (TPSA) is 35.5 Å². The van der Waals surface area contributed by atoms with E-state index in [9.17, 15) is 4.79 Å². The summed E-state index contributed by atoms with van der Waals surface area (Å²) >= 11 is 0. The van der Waals surface area contributed by atoms with Gasteiger partial charge in [0.05, 0.1) is 15.4 Å². The third kappa shape index (κ3) is 9.42. The second kappa shape index (κ2) is 11.5. The van der Waals surface area contributed by atoms with E-state index in [0.29, 0.717) is 12.2 Å². The number of ether oxygens (including phenoxy) is 2. The van der Waals surface area contributed by atoms with Crippen LogP contribution in [0.3, 0.4) is 0 Å². The molecule has 0 saturated carbocycles. The van der Waals surface area contributed by atoms with Gasteiger partial charge in [-0.25, -0.2) is 4.79 Å². The van der Waals surface area contributed by atoms with Crippen molar-refractivity contribution in [3.8, 4) is 0 Å². The van der Waals surface area contributed by atoms with Gasteiger partial charge in [-0.1, -0.05) is 38.4 Å². The fraction of sp³-hybridized carbons (Fsp3) is 0.786. The summed E-state index contributed by atoms with van der Waals surface area (Å²) < 4.78 is 10.6. The third-order valence-electron chi connectivity index (χ3n) is 2.84. The second-order valence-electron chi connectivity index (χ2n) is 4.73. The minimum atomic E-state index is -0.719. The van der Waals surface area contributed by atoms with E-state index in [-0.39, 0.29) is 5.97 Å². The van der Waals surface area contributed by atoms with E-state index in [1.807, 2.05) is 0 Å². The van der Waals surface area contributed by atoms with Gasteiger partial charge in [-0.15, -0.1) is 0 Å². The summed E-state index contributed by atoms with van der Waals surface area (Å²) in [4.78, 5) is 11.2. The molecule has 0 rings (SSSR count). The van der Waals surface area contributed by atoms with E-state index in [0.717, 1.165) is 25.7 Å². The molecule has 18 heavy (non-hydrogen) atoms. The average Bonchev–Trinajstić information content (AvgIpc) is 2.34. The molecule has 0 spiro atoms. The lowest BCUT2D eigenvalue weighted by Gasteiger charge is -2.14. The van der Waals surface area contributed by atoms with Crippen LogP contribution in [0, 0.1) is 0 Å². The fourth-order valence-electron chi connectivity index (χ4n) is 1.83. The minimum absolute atomic E-state index is 0.272. The van der Waals surface area contributed by atoms with Crippen molar-refractivity contribution in [2.24, 2.45) is 0 Å². The smallest absolute Gasteiger partial charge is 0.333 e. The number of esters is 1. The molecule has 0 aromatic rings. The molecule has 106 valence electrons. The predicted octanol–water partition coefficient (Wildman–Crippen LogP) is 3.10. The standard InChI is InChI=1S/C14H28O3Si/c1-5-10-18(12-16-6-2)11-8-7-9-17-14(15)13(3)4/h18H,3,5-12H2,1-2,4H3. The minimum Gasteiger partial charge on any atom is -0.462 e. The predicted molar refractivity (Wildman–Crippen MR) is 78.6 cm³/mol. The van der Waals surface area contributed by atoms with Gasteiger partial charge in [0.25, 0.3) is 0 Å². The highest BCUT2D eigenvalue weighted by Crippen LogP contribution is 2.09. The lowest BCUT2D eigenvalue weighted by molar-refractivity contribution is -0.139. The Morgan fingerprint density at radius 2 is 1.94 bits per heavy atom. The first-order valence-electron chi connectivity index (χ1n) is 7.02. The summed E-state index contributed by atoms with van der Waals surface area (Å²) in [6.45, 7) is 10.9. The molecule has 3 nitrogen and oxygen atoms in total. The van der Waals surface area contributed by atoms with Crippen LogP contribution in [-0.4, -0.2) is 34.2 Å². The zero-order valence-electron chi connectivity index (χ0n) is 12.2. The maximum atomic E-state index is 11.2. The van der Waals surface area contributed by atoms with Crippen molar-refractivity contribution in [2.75, 3.05) is 19.4 Å². The Morgan fingerprint density at radius 3 is 2.50 bits per heavy atom. The maximum absolute atomic E-state index is 11.2. The average molecular weight is 272 g/mol. The summed E-state index contributed by atoms with van der Waals surface area (Å²) in [5.41, 5.74) is 0.476. The van der Waals surface area contributed by atoms with Crippen LogP contribution in [0.25, 0.3) is 0 Å². The number of unbranched alkanes of at least 4 members (excludes halogenated alkanes) is 1. The van der Waals surface area contributed by atoms with Crippen LogP contribution >= 0.6 is 0 Å². The zero-order chi connectivity index (χ0) is 13.8. The summed E-state index contributed by atoms with van der Waals surface area (Å²) in [5, 5.41) is 0. The molecule has 0 bridgehead atoms. The molecular weight excluding hydrogens is 244 g/mol. The molecule has 0 heterocycles. The fourth-order valence-corrected chi connectivity index (χ4v) is 4.70.